The Balaban J connectivity index is 2.08. The Morgan fingerprint density at radius 2 is 2.35 bits per heavy atom. The van der Waals surface area contributed by atoms with Crippen LogP contribution in [0.15, 0.2) is 18.2 Å². The lowest BCUT2D eigenvalue weighted by Crippen LogP contribution is -2.47. The summed E-state index contributed by atoms with van der Waals surface area (Å²) in [7, 11) is 1.59. The summed E-state index contributed by atoms with van der Waals surface area (Å²) in [4.78, 5) is 12.4. The molecule has 3 N–H and O–H groups in total. The second kappa shape index (κ2) is 6.02. The maximum absolute atomic E-state index is 12.4. The number of halogens is 1. The van der Waals surface area contributed by atoms with Crippen LogP contribution >= 0.6 is 11.6 Å². The molecule has 0 spiro atoms. The van der Waals surface area contributed by atoms with Crippen molar-refractivity contribution in [2.24, 2.45) is 11.1 Å². The maximum Gasteiger partial charge on any atom is 0.227 e. The number of nitrogens with two attached hydrogens (primary N) is 1. The van der Waals surface area contributed by atoms with Crippen molar-refractivity contribution in [1.82, 2.24) is 5.32 Å². The van der Waals surface area contributed by atoms with E-state index in [1.54, 1.807) is 13.2 Å². The first-order valence-electron chi connectivity index (χ1n) is 6.84. The number of carbonyl (C=O) groups excluding carboxylic acids is 1. The number of benzene rings is 1. The smallest absolute Gasteiger partial charge is 0.227 e. The van der Waals surface area contributed by atoms with E-state index in [1.807, 2.05) is 19.1 Å². The van der Waals surface area contributed by atoms with Gasteiger partial charge in [0, 0.05) is 23.2 Å². The van der Waals surface area contributed by atoms with Crippen LogP contribution in [0.5, 0.6) is 5.75 Å². The van der Waals surface area contributed by atoms with E-state index < -0.39 is 5.41 Å². The number of methoxy groups -OCH3 is 1. The molecular weight excluding hydrogens is 276 g/mol. The first-order valence-corrected chi connectivity index (χ1v) is 7.22. The minimum Gasteiger partial charge on any atom is -0.496 e. The average molecular weight is 297 g/mol. The van der Waals surface area contributed by atoms with Crippen LogP contribution in [0.1, 0.15) is 31.7 Å². The fraction of sp³-hybridized carbons (Fsp3) is 0.533. The summed E-state index contributed by atoms with van der Waals surface area (Å²) in [6.45, 7) is 2.29. The lowest BCUT2D eigenvalue weighted by Gasteiger charge is -2.27. The number of carbonyl (C=O) groups is 1. The minimum absolute atomic E-state index is 0.00975. The van der Waals surface area contributed by atoms with Gasteiger partial charge in [0.2, 0.25) is 5.91 Å². The molecular formula is C15H21ClN2O2. The van der Waals surface area contributed by atoms with Crippen LogP contribution in [0.2, 0.25) is 5.02 Å². The number of amides is 1. The molecule has 1 aliphatic rings. The van der Waals surface area contributed by atoms with E-state index in [0.717, 1.165) is 24.8 Å². The first kappa shape index (κ1) is 15.1. The quantitative estimate of drug-likeness (QED) is 0.897. The molecule has 1 saturated carbocycles. The molecule has 20 heavy (non-hydrogen) atoms. The largest absolute Gasteiger partial charge is 0.496 e. The van der Waals surface area contributed by atoms with Crippen molar-refractivity contribution in [1.29, 1.82) is 0 Å². The number of nitrogens with one attached hydrogen (secondary N) is 1. The van der Waals surface area contributed by atoms with Gasteiger partial charge in [-0.15, -0.1) is 0 Å². The van der Waals surface area contributed by atoms with E-state index in [1.165, 1.54) is 0 Å². The van der Waals surface area contributed by atoms with Crippen LogP contribution in [0.3, 0.4) is 0 Å². The van der Waals surface area contributed by atoms with E-state index in [9.17, 15) is 4.79 Å². The summed E-state index contributed by atoms with van der Waals surface area (Å²) >= 11 is 6.16. The van der Waals surface area contributed by atoms with Crippen molar-refractivity contribution in [3.8, 4) is 5.75 Å². The van der Waals surface area contributed by atoms with Crippen LogP contribution < -0.4 is 15.8 Å². The van der Waals surface area contributed by atoms with Crippen LogP contribution in [0.4, 0.5) is 0 Å². The Hall–Kier alpha value is -1.26. The van der Waals surface area contributed by atoms with Gasteiger partial charge >= 0.3 is 0 Å². The summed E-state index contributed by atoms with van der Waals surface area (Å²) in [6.07, 6.45) is 2.74. The molecule has 4 nitrogen and oxygen atoms in total. The molecule has 1 fully saturated rings. The van der Waals surface area contributed by atoms with Crippen LogP contribution in [-0.4, -0.2) is 19.1 Å². The summed E-state index contributed by atoms with van der Waals surface area (Å²) in [5.41, 5.74) is 6.37. The van der Waals surface area contributed by atoms with E-state index in [2.05, 4.69) is 5.32 Å². The van der Waals surface area contributed by atoms with Gasteiger partial charge < -0.3 is 15.8 Å². The zero-order valence-corrected chi connectivity index (χ0v) is 12.7. The highest BCUT2D eigenvalue weighted by molar-refractivity contribution is 6.31. The Morgan fingerprint density at radius 3 is 2.95 bits per heavy atom. The monoisotopic (exact) mass is 296 g/mol. The molecule has 1 aromatic rings. The standard InChI is InChI=1S/C15H21ClN2O2/c1-15(8-4-7-13(15)17)14(19)18-9-10-11(16)5-3-6-12(10)20-2/h3,5-6,13H,4,7-9,17H2,1-2H3,(H,18,19). The molecule has 5 heteroatoms. The third-order valence-electron chi connectivity index (χ3n) is 4.27. The van der Waals surface area contributed by atoms with Gasteiger partial charge in [0.15, 0.2) is 0 Å². The molecule has 0 saturated heterocycles. The molecule has 0 aliphatic heterocycles. The Morgan fingerprint density at radius 1 is 1.60 bits per heavy atom. The molecule has 0 aromatic heterocycles. The van der Waals surface area contributed by atoms with E-state index in [4.69, 9.17) is 22.1 Å². The van der Waals surface area contributed by atoms with Crippen molar-refractivity contribution in [2.45, 2.75) is 38.8 Å². The Kier molecular flexibility index (Phi) is 4.55. The van der Waals surface area contributed by atoms with Gasteiger partial charge in [0.1, 0.15) is 5.75 Å². The Labute approximate surface area is 124 Å². The van der Waals surface area contributed by atoms with Gasteiger partial charge in [-0.3, -0.25) is 4.79 Å². The molecule has 0 radical (unpaired) electrons. The first-order chi connectivity index (χ1) is 9.49. The maximum atomic E-state index is 12.4. The van der Waals surface area contributed by atoms with Crippen LogP contribution in [-0.2, 0) is 11.3 Å². The van der Waals surface area contributed by atoms with Gasteiger partial charge in [-0.2, -0.15) is 0 Å². The number of ether oxygens (including phenoxy) is 1. The molecule has 1 amide bonds. The van der Waals surface area contributed by atoms with Crippen molar-refractivity contribution >= 4 is 17.5 Å². The molecule has 0 bridgehead atoms. The van der Waals surface area contributed by atoms with E-state index in [0.29, 0.717) is 17.3 Å². The molecule has 2 atom stereocenters. The van der Waals surface area contributed by atoms with Gasteiger partial charge in [-0.1, -0.05) is 24.1 Å². The molecule has 1 aliphatic carbocycles. The predicted octanol–water partition coefficient (Wildman–Crippen LogP) is 2.48. The zero-order valence-electron chi connectivity index (χ0n) is 11.9. The molecule has 1 aromatic carbocycles. The van der Waals surface area contributed by atoms with Crippen LogP contribution in [0, 0.1) is 5.41 Å². The number of hydrogen-bond acceptors (Lipinski definition) is 3. The SMILES string of the molecule is COc1cccc(Cl)c1CNC(=O)C1(C)CCCC1N. The highest BCUT2D eigenvalue weighted by Crippen LogP contribution is 2.37. The second-order valence-electron chi connectivity index (χ2n) is 5.52. The predicted molar refractivity (Wildman–Crippen MR) is 79.8 cm³/mol. The Bertz CT molecular complexity index is 507. The molecule has 2 unspecified atom stereocenters. The third-order valence-corrected chi connectivity index (χ3v) is 4.62. The van der Waals surface area contributed by atoms with E-state index in [-0.39, 0.29) is 11.9 Å². The van der Waals surface area contributed by atoms with Crippen molar-refractivity contribution < 1.29 is 9.53 Å². The molecule has 0 heterocycles. The number of hydrogen-bond donors (Lipinski definition) is 2. The van der Waals surface area contributed by atoms with E-state index >= 15 is 0 Å². The summed E-state index contributed by atoms with van der Waals surface area (Å²) in [6, 6.07) is 5.36. The topological polar surface area (TPSA) is 64.3 Å². The van der Waals surface area contributed by atoms with Gasteiger partial charge in [0.25, 0.3) is 0 Å². The molecule has 2 rings (SSSR count). The normalized spacial score (nSPS) is 25.5. The zero-order chi connectivity index (χ0) is 14.8. The average Bonchev–Trinajstić information content (AvgIpc) is 2.78. The fourth-order valence-corrected chi connectivity index (χ4v) is 2.98. The fourth-order valence-electron chi connectivity index (χ4n) is 2.75. The van der Waals surface area contributed by atoms with Crippen molar-refractivity contribution in [3.63, 3.8) is 0 Å². The summed E-state index contributed by atoms with van der Waals surface area (Å²) in [5, 5.41) is 3.53. The van der Waals surface area contributed by atoms with Gasteiger partial charge in [0.05, 0.1) is 12.5 Å². The van der Waals surface area contributed by atoms with Crippen molar-refractivity contribution in [2.75, 3.05) is 7.11 Å². The highest BCUT2D eigenvalue weighted by Gasteiger charge is 2.42. The lowest BCUT2D eigenvalue weighted by atomic mass is 9.84. The van der Waals surface area contributed by atoms with Crippen LogP contribution in [0.25, 0.3) is 0 Å². The lowest BCUT2D eigenvalue weighted by molar-refractivity contribution is -0.130. The number of rotatable bonds is 4. The van der Waals surface area contributed by atoms with Gasteiger partial charge in [-0.25, -0.2) is 0 Å². The third kappa shape index (κ3) is 2.76. The molecule has 110 valence electrons. The summed E-state index contributed by atoms with van der Waals surface area (Å²) in [5.74, 6) is 0.670. The van der Waals surface area contributed by atoms with Crippen molar-refractivity contribution in [3.05, 3.63) is 28.8 Å². The highest BCUT2D eigenvalue weighted by atomic mass is 35.5. The second-order valence-corrected chi connectivity index (χ2v) is 5.93. The van der Waals surface area contributed by atoms with Gasteiger partial charge in [-0.05, 0) is 31.9 Å². The minimum atomic E-state index is -0.478. The summed E-state index contributed by atoms with van der Waals surface area (Å²) < 4.78 is 5.27.